The van der Waals surface area contributed by atoms with Crippen LogP contribution in [0.5, 0.6) is 0 Å². The Labute approximate surface area is 104 Å². The zero-order chi connectivity index (χ0) is 12.4. The summed E-state index contributed by atoms with van der Waals surface area (Å²) in [5, 5.41) is 3.97. The van der Waals surface area contributed by atoms with Crippen molar-refractivity contribution in [2.45, 2.75) is 0 Å². The first kappa shape index (κ1) is 10.5. The van der Waals surface area contributed by atoms with Crippen LogP contribution in [0, 0.1) is 0 Å². The molecule has 0 radical (unpaired) electrons. The van der Waals surface area contributed by atoms with E-state index in [4.69, 9.17) is 10.3 Å². The van der Waals surface area contributed by atoms with Gasteiger partial charge in [0.25, 0.3) is 5.89 Å². The van der Waals surface area contributed by atoms with Crippen molar-refractivity contribution in [3.8, 4) is 22.8 Å². The molecule has 3 rings (SSSR count). The summed E-state index contributed by atoms with van der Waals surface area (Å²) in [5.74, 6) is 1.05. The minimum Gasteiger partial charge on any atom is -0.399 e. The quantitative estimate of drug-likeness (QED) is 0.696. The molecular weight excluding hydrogens is 226 g/mol. The predicted octanol–water partition coefficient (Wildman–Crippen LogP) is 2.99. The van der Waals surface area contributed by atoms with Crippen molar-refractivity contribution in [3.63, 3.8) is 0 Å². The molecule has 0 spiro atoms. The summed E-state index contributed by atoms with van der Waals surface area (Å²) in [7, 11) is 0. The Morgan fingerprint density at radius 2 is 1.67 bits per heavy atom. The van der Waals surface area contributed by atoms with Crippen molar-refractivity contribution >= 4 is 5.69 Å². The van der Waals surface area contributed by atoms with E-state index in [1.807, 2.05) is 54.6 Å². The summed E-state index contributed by atoms with van der Waals surface area (Å²) in [4.78, 5) is 4.36. The number of aromatic nitrogens is 2. The van der Waals surface area contributed by atoms with Crippen LogP contribution in [0.4, 0.5) is 5.69 Å². The minimum absolute atomic E-state index is 0.473. The maximum Gasteiger partial charge on any atom is 0.258 e. The molecule has 18 heavy (non-hydrogen) atoms. The van der Waals surface area contributed by atoms with E-state index in [0.717, 1.165) is 11.1 Å². The Morgan fingerprint density at radius 3 is 2.44 bits per heavy atom. The predicted molar refractivity (Wildman–Crippen MR) is 69.6 cm³/mol. The van der Waals surface area contributed by atoms with Crippen molar-refractivity contribution < 1.29 is 4.52 Å². The molecule has 0 amide bonds. The zero-order valence-corrected chi connectivity index (χ0v) is 9.58. The fourth-order valence-corrected chi connectivity index (χ4v) is 1.72. The van der Waals surface area contributed by atoms with Gasteiger partial charge in [0.15, 0.2) is 0 Å². The number of nitrogens with zero attached hydrogens (tertiary/aromatic N) is 2. The van der Waals surface area contributed by atoms with Crippen LogP contribution >= 0.6 is 0 Å². The van der Waals surface area contributed by atoms with E-state index in [1.165, 1.54) is 0 Å². The third-order valence-electron chi connectivity index (χ3n) is 2.59. The topological polar surface area (TPSA) is 64.9 Å². The Kier molecular flexibility index (Phi) is 2.53. The maximum absolute atomic E-state index is 5.72. The molecule has 0 fully saturated rings. The Balaban J connectivity index is 2.00. The van der Waals surface area contributed by atoms with Crippen molar-refractivity contribution in [1.82, 2.24) is 10.1 Å². The van der Waals surface area contributed by atoms with Crippen LogP contribution in [0.1, 0.15) is 0 Å². The number of hydrogen-bond donors (Lipinski definition) is 1. The molecule has 2 aromatic carbocycles. The van der Waals surface area contributed by atoms with Crippen LogP contribution in [0.3, 0.4) is 0 Å². The first-order valence-electron chi connectivity index (χ1n) is 5.58. The average Bonchev–Trinajstić information content (AvgIpc) is 2.89. The number of nitrogen functional groups attached to an aromatic ring is 1. The number of hydrogen-bond acceptors (Lipinski definition) is 4. The number of anilines is 1. The van der Waals surface area contributed by atoms with E-state index in [0.29, 0.717) is 17.4 Å². The van der Waals surface area contributed by atoms with Gasteiger partial charge in [-0.1, -0.05) is 41.6 Å². The summed E-state index contributed by atoms with van der Waals surface area (Å²) >= 11 is 0. The second kappa shape index (κ2) is 4.33. The van der Waals surface area contributed by atoms with Crippen LogP contribution in [-0.4, -0.2) is 10.1 Å². The molecule has 4 heteroatoms. The van der Waals surface area contributed by atoms with Gasteiger partial charge >= 0.3 is 0 Å². The first-order chi connectivity index (χ1) is 8.83. The minimum atomic E-state index is 0.473. The summed E-state index contributed by atoms with van der Waals surface area (Å²) in [6.07, 6.45) is 0. The van der Waals surface area contributed by atoms with Gasteiger partial charge in [-0.2, -0.15) is 4.98 Å². The molecular formula is C14H11N3O. The fraction of sp³-hybridized carbons (Fsp3) is 0. The Morgan fingerprint density at radius 1 is 0.889 bits per heavy atom. The molecule has 0 saturated carbocycles. The van der Waals surface area contributed by atoms with Crippen molar-refractivity contribution in [2.75, 3.05) is 5.73 Å². The van der Waals surface area contributed by atoms with Crippen molar-refractivity contribution in [2.24, 2.45) is 0 Å². The molecule has 2 N–H and O–H groups in total. The summed E-state index contributed by atoms with van der Waals surface area (Å²) in [6, 6.07) is 17.1. The highest BCUT2D eigenvalue weighted by molar-refractivity contribution is 5.62. The second-order valence-corrected chi connectivity index (χ2v) is 3.91. The molecule has 1 aromatic heterocycles. The summed E-state index contributed by atoms with van der Waals surface area (Å²) in [6.45, 7) is 0. The SMILES string of the molecule is Nc1cccc(-c2nc(-c3ccccc3)no2)c1. The normalized spacial score (nSPS) is 10.4. The average molecular weight is 237 g/mol. The van der Waals surface area contributed by atoms with Gasteiger partial charge in [0, 0.05) is 16.8 Å². The number of rotatable bonds is 2. The Bertz CT molecular complexity index is 662. The maximum atomic E-state index is 5.72. The smallest absolute Gasteiger partial charge is 0.258 e. The first-order valence-corrected chi connectivity index (χ1v) is 5.58. The Hall–Kier alpha value is -2.62. The molecule has 4 nitrogen and oxygen atoms in total. The zero-order valence-electron chi connectivity index (χ0n) is 9.58. The van der Waals surface area contributed by atoms with Gasteiger partial charge in [0.2, 0.25) is 5.82 Å². The van der Waals surface area contributed by atoms with E-state index < -0.39 is 0 Å². The van der Waals surface area contributed by atoms with Crippen LogP contribution < -0.4 is 5.73 Å². The lowest BCUT2D eigenvalue weighted by Gasteiger charge is -1.95. The van der Waals surface area contributed by atoms with Crippen molar-refractivity contribution in [3.05, 3.63) is 54.6 Å². The van der Waals surface area contributed by atoms with Gasteiger partial charge in [0.05, 0.1) is 0 Å². The second-order valence-electron chi connectivity index (χ2n) is 3.91. The van der Waals surface area contributed by atoms with E-state index in [9.17, 15) is 0 Å². The summed E-state index contributed by atoms with van der Waals surface area (Å²) < 4.78 is 5.24. The highest BCUT2D eigenvalue weighted by atomic mass is 16.5. The summed E-state index contributed by atoms with van der Waals surface area (Å²) in [5.41, 5.74) is 8.15. The van der Waals surface area contributed by atoms with E-state index >= 15 is 0 Å². The van der Waals surface area contributed by atoms with Gasteiger partial charge in [-0.25, -0.2) is 0 Å². The van der Waals surface area contributed by atoms with Crippen LogP contribution in [-0.2, 0) is 0 Å². The molecule has 1 heterocycles. The molecule has 0 unspecified atom stereocenters. The van der Waals surface area contributed by atoms with Crippen LogP contribution in [0.2, 0.25) is 0 Å². The largest absolute Gasteiger partial charge is 0.399 e. The van der Waals surface area contributed by atoms with Gasteiger partial charge in [0.1, 0.15) is 0 Å². The lowest BCUT2D eigenvalue weighted by Crippen LogP contribution is -1.85. The molecule has 0 atom stereocenters. The molecule has 0 aliphatic carbocycles. The number of benzene rings is 2. The molecule has 0 saturated heterocycles. The fourth-order valence-electron chi connectivity index (χ4n) is 1.72. The van der Waals surface area contributed by atoms with Crippen molar-refractivity contribution in [1.29, 1.82) is 0 Å². The van der Waals surface area contributed by atoms with Crippen LogP contribution in [0.25, 0.3) is 22.8 Å². The third-order valence-corrected chi connectivity index (χ3v) is 2.59. The van der Waals surface area contributed by atoms with E-state index in [1.54, 1.807) is 0 Å². The molecule has 88 valence electrons. The lowest BCUT2D eigenvalue weighted by molar-refractivity contribution is 0.432. The molecule has 0 aliphatic heterocycles. The van der Waals surface area contributed by atoms with Gasteiger partial charge in [-0.15, -0.1) is 0 Å². The monoisotopic (exact) mass is 237 g/mol. The highest BCUT2D eigenvalue weighted by Crippen LogP contribution is 2.23. The highest BCUT2D eigenvalue weighted by Gasteiger charge is 2.09. The van der Waals surface area contributed by atoms with Gasteiger partial charge in [-0.3, -0.25) is 0 Å². The third kappa shape index (κ3) is 1.96. The molecule has 3 aromatic rings. The number of nitrogens with two attached hydrogens (primary N) is 1. The molecule has 0 aliphatic rings. The van der Waals surface area contributed by atoms with Gasteiger partial charge in [-0.05, 0) is 18.2 Å². The van der Waals surface area contributed by atoms with Gasteiger partial charge < -0.3 is 10.3 Å². The van der Waals surface area contributed by atoms with Crippen LogP contribution in [0.15, 0.2) is 59.1 Å². The molecule has 0 bridgehead atoms. The standard InChI is InChI=1S/C14H11N3O/c15-12-8-4-7-11(9-12)14-16-13(17-18-14)10-5-2-1-3-6-10/h1-9H,15H2. The van der Waals surface area contributed by atoms with E-state index in [2.05, 4.69) is 10.1 Å². The lowest BCUT2D eigenvalue weighted by atomic mass is 10.2. The van der Waals surface area contributed by atoms with E-state index in [-0.39, 0.29) is 0 Å².